The van der Waals surface area contributed by atoms with E-state index in [-0.39, 0.29) is 0 Å². The zero-order chi connectivity index (χ0) is 9.59. The highest BCUT2D eigenvalue weighted by molar-refractivity contribution is 9.11. The predicted octanol–water partition coefficient (Wildman–Crippen LogP) is 2.38. The average molecular weight is 324 g/mol. The molecule has 0 spiro atoms. The normalized spacial score (nSPS) is 10.9. The molecule has 0 amide bonds. The molecule has 0 fully saturated rings. The van der Waals surface area contributed by atoms with Crippen LogP contribution in [0, 0.1) is 0 Å². The van der Waals surface area contributed by atoms with Gasteiger partial charge in [-0.15, -0.1) is 0 Å². The molecule has 0 atom stereocenters. The van der Waals surface area contributed by atoms with Gasteiger partial charge in [-0.05, 0) is 31.9 Å². The number of nitrogens with zero attached hydrogens (tertiary/aromatic N) is 2. The molecular weight excluding hydrogens is 320 g/mol. The summed E-state index contributed by atoms with van der Waals surface area (Å²) < 4.78 is 9.61. The second-order valence-corrected chi connectivity index (χ2v) is 4.53. The van der Waals surface area contributed by atoms with Gasteiger partial charge in [0, 0.05) is 0 Å². The third-order valence-electron chi connectivity index (χ3n) is 1.67. The van der Waals surface area contributed by atoms with Gasteiger partial charge in [-0.3, -0.25) is 0 Å². The van der Waals surface area contributed by atoms with E-state index < -0.39 is 0 Å². The van der Waals surface area contributed by atoms with Crippen LogP contribution in [0.4, 0.5) is 11.4 Å². The van der Waals surface area contributed by atoms with Crippen molar-refractivity contribution in [3.8, 4) is 0 Å². The third kappa shape index (κ3) is 1.22. The molecule has 0 unspecified atom stereocenters. The van der Waals surface area contributed by atoms with E-state index in [4.69, 9.17) is 11.5 Å². The van der Waals surface area contributed by atoms with E-state index in [9.17, 15) is 0 Å². The Kier molecular flexibility index (Phi) is 2.17. The van der Waals surface area contributed by atoms with Crippen molar-refractivity contribution in [2.24, 2.45) is 0 Å². The Hall–Kier alpha value is -0.400. The van der Waals surface area contributed by atoms with Crippen LogP contribution < -0.4 is 11.5 Å². The largest absolute Gasteiger partial charge is 0.396 e. The molecule has 0 aliphatic rings. The van der Waals surface area contributed by atoms with E-state index in [2.05, 4.69) is 40.6 Å². The van der Waals surface area contributed by atoms with Crippen molar-refractivity contribution in [3.63, 3.8) is 0 Å². The molecule has 2 aromatic rings. The molecule has 0 saturated carbocycles. The van der Waals surface area contributed by atoms with Crippen molar-refractivity contribution in [3.05, 3.63) is 8.95 Å². The van der Waals surface area contributed by atoms with Gasteiger partial charge < -0.3 is 11.5 Å². The molecule has 2 rings (SSSR count). The minimum absolute atomic E-state index is 0.493. The van der Waals surface area contributed by atoms with Crippen LogP contribution in [-0.4, -0.2) is 8.75 Å². The Bertz CT molecular complexity index is 439. The molecule has 0 radical (unpaired) electrons. The molecule has 7 heteroatoms. The van der Waals surface area contributed by atoms with Gasteiger partial charge in [-0.25, -0.2) is 0 Å². The average Bonchev–Trinajstić information content (AvgIpc) is 2.59. The lowest BCUT2D eigenvalue weighted by molar-refractivity contribution is 1.57. The molecule has 13 heavy (non-hydrogen) atoms. The molecule has 0 aliphatic carbocycles. The minimum atomic E-state index is 0.493. The van der Waals surface area contributed by atoms with Crippen LogP contribution in [-0.2, 0) is 0 Å². The van der Waals surface area contributed by atoms with Crippen molar-refractivity contribution < 1.29 is 0 Å². The number of anilines is 2. The Morgan fingerprint density at radius 1 is 0.923 bits per heavy atom. The topological polar surface area (TPSA) is 77.8 Å². The zero-order valence-electron chi connectivity index (χ0n) is 6.21. The highest BCUT2D eigenvalue weighted by Crippen LogP contribution is 2.39. The lowest BCUT2D eigenvalue weighted by Gasteiger charge is -2.05. The van der Waals surface area contributed by atoms with E-state index in [0.29, 0.717) is 20.3 Å². The first-order chi connectivity index (χ1) is 6.13. The van der Waals surface area contributed by atoms with Crippen molar-refractivity contribution in [2.75, 3.05) is 11.5 Å². The molecule has 1 heterocycles. The summed E-state index contributed by atoms with van der Waals surface area (Å²) in [6.45, 7) is 0. The molecule has 0 bridgehead atoms. The quantitative estimate of drug-likeness (QED) is 0.730. The van der Waals surface area contributed by atoms with Crippen LogP contribution in [0.2, 0.25) is 0 Å². The molecule has 4 N–H and O–H groups in total. The monoisotopic (exact) mass is 322 g/mol. The highest BCUT2D eigenvalue weighted by Gasteiger charge is 2.15. The highest BCUT2D eigenvalue weighted by atomic mass is 79.9. The fourth-order valence-corrected chi connectivity index (χ4v) is 2.74. The molecule has 4 nitrogen and oxygen atoms in total. The fraction of sp³-hybridized carbons (Fsp3) is 0. The molecule has 68 valence electrons. The first kappa shape index (κ1) is 9.17. The smallest absolute Gasteiger partial charge is 0.122 e. The summed E-state index contributed by atoms with van der Waals surface area (Å²) in [6.07, 6.45) is 0. The van der Waals surface area contributed by atoms with Gasteiger partial charge in [0.15, 0.2) is 0 Å². The van der Waals surface area contributed by atoms with Gasteiger partial charge in [0.25, 0.3) is 0 Å². The standard InChI is InChI=1S/C6H4Br2N4S/c7-1-3(9)4(10)2(8)6-5(1)11-13-12-6/h9-10H2. The number of aromatic nitrogens is 2. The number of benzene rings is 1. The number of hydrogen-bond donors (Lipinski definition) is 2. The van der Waals surface area contributed by atoms with E-state index >= 15 is 0 Å². The number of rotatable bonds is 0. The Labute approximate surface area is 94.9 Å². The van der Waals surface area contributed by atoms with Gasteiger partial charge in [0.05, 0.1) is 32.0 Å². The summed E-state index contributed by atoms with van der Waals surface area (Å²) in [6, 6.07) is 0. The van der Waals surface area contributed by atoms with Gasteiger partial charge in [-0.1, -0.05) is 0 Å². The Morgan fingerprint density at radius 2 is 1.31 bits per heavy atom. The maximum atomic E-state index is 5.74. The molecular formula is C6H4Br2N4S. The van der Waals surface area contributed by atoms with Crippen LogP contribution in [0.3, 0.4) is 0 Å². The number of halogens is 2. The van der Waals surface area contributed by atoms with Crippen molar-refractivity contribution >= 4 is 66.0 Å². The van der Waals surface area contributed by atoms with Crippen LogP contribution in [0.25, 0.3) is 11.0 Å². The van der Waals surface area contributed by atoms with Gasteiger partial charge in [0.2, 0.25) is 0 Å². The summed E-state index contributed by atoms with van der Waals surface area (Å²) in [5, 5.41) is 0. The summed E-state index contributed by atoms with van der Waals surface area (Å²) in [5.41, 5.74) is 14.0. The van der Waals surface area contributed by atoms with Gasteiger partial charge >= 0.3 is 0 Å². The first-order valence-electron chi connectivity index (χ1n) is 3.27. The van der Waals surface area contributed by atoms with E-state index in [0.717, 1.165) is 22.8 Å². The van der Waals surface area contributed by atoms with Crippen LogP contribution in [0.5, 0.6) is 0 Å². The number of nitrogens with two attached hydrogens (primary N) is 2. The minimum Gasteiger partial charge on any atom is -0.396 e. The van der Waals surface area contributed by atoms with E-state index in [1.165, 1.54) is 0 Å². The maximum absolute atomic E-state index is 5.74. The van der Waals surface area contributed by atoms with Crippen LogP contribution in [0.15, 0.2) is 8.95 Å². The third-order valence-corrected chi connectivity index (χ3v) is 3.80. The van der Waals surface area contributed by atoms with Crippen LogP contribution >= 0.6 is 43.6 Å². The lowest BCUT2D eigenvalue weighted by Crippen LogP contribution is -1.97. The fourth-order valence-electron chi connectivity index (χ4n) is 0.968. The zero-order valence-corrected chi connectivity index (χ0v) is 10.2. The summed E-state index contributed by atoms with van der Waals surface area (Å²) in [5.74, 6) is 0. The van der Waals surface area contributed by atoms with E-state index in [1.807, 2.05) is 0 Å². The molecule has 0 aliphatic heterocycles. The van der Waals surface area contributed by atoms with Crippen LogP contribution in [0.1, 0.15) is 0 Å². The first-order valence-corrected chi connectivity index (χ1v) is 5.58. The van der Waals surface area contributed by atoms with Gasteiger partial charge in [0.1, 0.15) is 11.0 Å². The van der Waals surface area contributed by atoms with Crippen molar-refractivity contribution in [1.82, 2.24) is 8.75 Å². The lowest BCUT2D eigenvalue weighted by atomic mass is 10.2. The SMILES string of the molecule is Nc1c(N)c(Br)c2nsnc2c1Br. The molecule has 0 saturated heterocycles. The predicted molar refractivity (Wildman–Crippen MR) is 61.6 cm³/mol. The van der Waals surface area contributed by atoms with E-state index in [1.54, 1.807) is 0 Å². The summed E-state index contributed by atoms with van der Waals surface area (Å²) >= 11 is 7.77. The molecule has 1 aromatic heterocycles. The van der Waals surface area contributed by atoms with Gasteiger partial charge in [-0.2, -0.15) is 8.75 Å². The second-order valence-electron chi connectivity index (χ2n) is 2.42. The van der Waals surface area contributed by atoms with Crippen molar-refractivity contribution in [1.29, 1.82) is 0 Å². The molecule has 1 aromatic carbocycles. The number of hydrogen-bond acceptors (Lipinski definition) is 5. The number of nitrogen functional groups attached to an aromatic ring is 2. The second kappa shape index (κ2) is 3.07. The Balaban J connectivity index is 3.02. The van der Waals surface area contributed by atoms with Crippen molar-refractivity contribution in [2.45, 2.75) is 0 Å². The Morgan fingerprint density at radius 3 is 1.69 bits per heavy atom. The summed E-state index contributed by atoms with van der Waals surface area (Å²) in [4.78, 5) is 0. The maximum Gasteiger partial charge on any atom is 0.122 e. The number of fused-ring (bicyclic) bond motifs is 1. The summed E-state index contributed by atoms with van der Waals surface area (Å²) in [7, 11) is 0.